The van der Waals surface area contributed by atoms with Gasteiger partial charge in [0.15, 0.2) is 0 Å². The van der Waals surface area contributed by atoms with Gasteiger partial charge in [-0.3, -0.25) is 4.79 Å². The smallest absolute Gasteiger partial charge is 0.550 e. The topological polar surface area (TPSA) is 66.4 Å². The molecule has 0 aliphatic heterocycles. The van der Waals surface area contributed by atoms with Gasteiger partial charge in [0.2, 0.25) is 0 Å². The van der Waals surface area contributed by atoms with Gasteiger partial charge in [0.1, 0.15) is 0 Å². The second-order valence-corrected chi connectivity index (χ2v) is 8.10. The normalized spacial score (nSPS) is 10.5. The summed E-state index contributed by atoms with van der Waals surface area (Å²) in [5.41, 5.74) is 0. The van der Waals surface area contributed by atoms with Crippen molar-refractivity contribution in [2.75, 3.05) is 6.61 Å². The number of aliphatic carboxylic acids is 1. The maximum Gasteiger partial charge on any atom is 2.00 e. The fourth-order valence-corrected chi connectivity index (χ4v) is 3.45. The summed E-state index contributed by atoms with van der Waals surface area (Å²) < 4.78 is 5.17. The van der Waals surface area contributed by atoms with Gasteiger partial charge in [-0.2, -0.15) is 0 Å². The van der Waals surface area contributed by atoms with Gasteiger partial charge in [-0.05, 0) is 25.7 Å². The third-order valence-electron chi connectivity index (χ3n) is 5.27. The molecule has 0 saturated heterocycles. The Kier molecular flexibility index (Phi) is 28.4. The molecule has 0 saturated carbocycles. The molecule has 0 fully saturated rings. The van der Waals surface area contributed by atoms with E-state index in [2.05, 4.69) is 6.92 Å². The molecule has 0 N–H and O–H groups in total. The van der Waals surface area contributed by atoms with E-state index in [0.29, 0.717) is 25.9 Å². The molecule has 0 aliphatic carbocycles. The minimum Gasteiger partial charge on any atom is -0.550 e. The predicted molar refractivity (Wildman–Crippen MR) is 120 cm³/mol. The fraction of sp³-hybridized carbons (Fsp3) is 0.917. The molecule has 0 atom stereocenters. The molecule has 0 rings (SSSR count). The molecule has 0 unspecified atom stereocenters. The maximum atomic E-state index is 11.5. The van der Waals surface area contributed by atoms with E-state index in [4.69, 9.17) is 4.74 Å². The van der Waals surface area contributed by atoms with Crippen molar-refractivity contribution in [3.8, 4) is 0 Å². The predicted octanol–water partition coefficient (Wildman–Crippen LogP) is 5.72. The zero-order valence-electron chi connectivity index (χ0n) is 19.2. The number of carbonyl (C=O) groups is 2. The van der Waals surface area contributed by atoms with Gasteiger partial charge < -0.3 is 14.6 Å². The number of carbonyl (C=O) groups excluding carboxylic acids is 2. The van der Waals surface area contributed by atoms with Gasteiger partial charge in [-0.25, -0.2) is 0 Å². The molecule has 0 amide bonds. The van der Waals surface area contributed by atoms with Crippen LogP contribution in [0.2, 0.25) is 0 Å². The van der Waals surface area contributed by atoms with Crippen molar-refractivity contribution in [1.29, 1.82) is 0 Å². The monoisotopic (exact) mass is 437 g/mol. The van der Waals surface area contributed by atoms with Crippen molar-refractivity contribution in [1.82, 2.24) is 0 Å². The number of unbranched alkanes of at least 4 members (excludes halogenated alkanes) is 16. The van der Waals surface area contributed by atoms with Gasteiger partial charge >= 0.3 is 43.7 Å². The van der Waals surface area contributed by atoms with Crippen LogP contribution in [-0.2, 0) is 14.3 Å². The minimum absolute atomic E-state index is 0. The molecule has 29 heavy (non-hydrogen) atoms. The van der Waals surface area contributed by atoms with Crippen molar-refractivity contribution >= 4 is 49.7 Å². The number of carboxylic acids is 1. The maximum absolute atomic E-state index is 11.5. The van der Waals surface area contributed by atoms with E-state index in [9.17, 15) is 14.7 Å². The molecular weight excluding hydrogens is 392 g/mol. The molecule has 0 aromatic carbocycles. The summed E-state index contributed by atoms with van der Waals surface area (Å²) in [7, 11) is 0. The summed E-state index contributed by atoms with van der Waals surface area (Å²) >= 11 is 0. The van der Waals surface area contributed by atoms with E-state index in [1.165, 1.54) is 89.9 Å². The molecule has 0 spiro atoms. The number of esters is 1. The summed E-state index contributed by atoms with van der Waals surface area (Å²) in [6.07, 6.45) is 22.7. The van der Waals surface area contributed by atoms with Crippen molar-refractivity contribution in [3.05, 3.63) is 0 Å². The van der Waals surface area contributed by atoms with E-state index < -0.39 is 5.97 Å². The zero-order valence-corrected chi connectivity index (χ0v) is 21.4. The number of carboxylic acid groups (broad SMARTS) is 1. The van der Waals surface area contributed by atoms with Gasteiger partial charge in [0.25, 0.3) is 0 Å². The molecule has 0 aliphatic rings. The van der Waals surface area contributed by atoms with Crippen LogP contribution < -0.4 is 5.11 Å². The number of hydrogen-bond acceptors (Lipinski definition) is 4. The Morgan fingerprint density at radius 2 is 0.966 bits per heavy atom. The van der Waals surface area contributed by atoms with Crippen LogP contribution in [0, 0.1) is 0 Å². The Balaban J connectivity index is 0. The molecule has 0 aromatic rings. The standard InChI is InChI=1S/C24H46O4.Ca/c1-2-3-4-5-6-7-8-9-10-11-12-13-14-15-16-19-22-28-24(27)21-18-17-20-23(25)26;/h2-22H2,1H3,(H,25,26);/q;+2/p-1. The molecule has 5 heteroatoms. The molecule has 0 heterocycles. The summed E-state index contributed by atoms with van der Waals surface area (Å²) in [5.74, 6) is -1.26. The van der Waals surface area contributed by atoms with Crippen LogP contribution in [0.1, 0.15) is 135 Å². The van der Waals surface area contributed by atoms with Crippen LogP contribution in [0.15, 0.2) is 0 Å². The number of rotatable bonds is 22. The van der Waals surface area contributed by atoms with Crippen molar-refractivity contribution in [3.63, 3.8) is 0 Å². The second kappa shape index (κ2) is 26.2. The number of hydrogen-bond donors (Lipinski definition) is 0. The number of ether oxygens (including phenoxy) is 1. The first-order chi connectivity index (χ1) is 13.7. The van der Waals surface area contributed by atoms with Crippen LogP contribution in [0.5, 0.6) is 0 Å². The zero-order chi connectivity index (χ0) is 20.7. The molecule has 0 bridgehead atoms. The average molecular weight is 438 g/mol. The Morgan fingerprint density at radius 3 is 1.38 bits per heavy atom. The molecular formula is C24H45CaO4+. The quantitative estimate of drug-likeness (QED) is 0.123. The third kappa shape index (κ3) is 28.2. The first-order valence-corrected chi connectivity index (χ1v) is 12.0. The van der Waals surface area contributed by atoms with Crippen LogP contribution in [0.3, 0.4) is 0 Å². The van der Waals surface area contributed by atoms with Crippen LogP contribution in [-0.4, -0.2) is 56.3 Å². The Bertz CT molecular complexity index is 361. The van der Waals surface area contributed by atoms with Gasteiger partial charge in [0, 0.05) is 12.4 Å². The van der Waals surface area contributed by atoms with E-state index in [-0.39, 0.29) is 50.1 Å². The molecule has 0 aromatic heterocycles. The van der Waals surface area contributed by atoms with Crippen molar-refractivity contribution in [2.24, 2.45) is 0 Å². The first-order valence-electron chi connectivity index (χ1n) is 12.0. The van der Waals surface area contributed by atoms with E-state index in [0.717, 1.165) is 12.8 Å². The van der Waals surface area contributed by atoms with E-state index in [1.807, 2.05) is 0 Å². The summed E-state index contributed by atoms with van der Waals surface area (Å²) in [5, 5.41) is 10.3. The Labute approximate surface area is 209 Å². The van der Waals surface area contributed by atoms with Gasteiger partial charge in [-0.15, -0.1) is 0 Å². The second-order valence-electron chi connectivity index (χ2n) is 8.10. The Hall–Kier alpha value is 0.200. The summed E-state index contributed by atoms with van der Waals surface area (Å²) in [6, 6.07) is 0. The molecule has 0 radical (unpaired) electrons. The van der Waals surface area contributed by atoms with E-state index >= 15 is 0 Å². The fourth-order valence-electron chi connectivity index (χ4n) is 3.45. The third-order valence-corrected chi connectivity index (χ3v) is 5.27. The van der Waals surface area contributed by atoms with Gasteiger partial charge in [-0.1, -0.05) is 103 Å². The van der Waals surface area contributed by atoms with Crippen LogP contribution >= 0.6 is 0 Å². The van der Waals surface area contributed by atoms with E-state index in [1.54, 1.807) is 0 Å². The first kappa shape index (κ1) is 31.4. The minimum atomic E-state index is -1.05. The van der Waals surface area contributed by atoms with Gasteiger partial charge in [0.05, 0.1) is 6.61 Å². The SMILES string of the molecule is CCCCCCCCCCCCCCCCCCOC(=O)CCCCC(=O)[O-].[Ca+2]. The largest absolute Gasteiger partial charge is 2.00 e. The summed E-state index contributed by atoms with van der Waals surface area (Å²) in [4.78, 5) is 21.7. The molecule has 166 valence electrons. The van der Waals surface area contributed by atoms with Crippen molar-refractivity contribution < 1.29 is 19.4 Å². The van der Waals surface area contributed by atoms with Crippen molar-refractivity contribution in [2.45, 2.75) is 135 Å². The summed E-state index contributed by atoms with van der Waals surface area (Å²) in [6.45, 7) is 2.77. The van der Waals surface area contributed by atoms with Crippen LogP contribution in [0.4, 0.5) is 0 Å². The molecule has 4 nitrogen and oxygen atoms in total. The van der Waals surface area contributed by atoms with Crippen LogP contribution in [0.25, 0.3) is 0 Å². The average Bonchev–Trinajstić information content (AvgIpc) is 2.67. The Morgan fingerprint density at radius 1 is 0.586 bits per heavy atom.